The molecular formula is C18H20Cl2N2O. The molecule has 0 radical (unpaired) electrons. The molecule has 0 aliphatic rings. The van der Waals surface area contributed by atoms with Crippen LogP contribution in [0.15, 0.2) is 48.5 Å². The Labute approximate surface area is 147 Å². The summed E-state index contributed by atoms with van der Waals surface area (Å²) in [5.41, 5.74) is 1.92. The van der Waals surface area contributed by atoms with Gasteiger partial charge in [0.15, 0.2) is 0 Å². The number of benzene rings is 2. The average Bonchev–Trinajstić information content (AvgIpc) is 2.54. The quantitative estimate of drug-likeness (QED) is 0.780. The van der Waals surface area contributed by atoms with E-state index in [1.165, 1.54) is 0 Å². The molecule has 0 fully saturated rings. The second-order valence-electron chi connectivity index (χ2n) is 5.53. The molecule has 2 aromatic rings. The molecule has 2 atom stereocenters. The van der Waals surface area contributed by atoms with Crippen LogP contribution in [0.3, 0.4) is 0 Å². The van der Waals surface area contributed by atoms with Gasteiger partial charge in [-0.05, 0) is 37.1 Å². The maximum absolute atomic E-state index is 12.5. The topological polar surface area (TPSA) is 32.3 Å². The monoisotopic (exact) mass is 350 g/mol. The molecule has 2 rings (SSSR count). The van der Waals surface area contributed by atoms with Crippen LogP contribution in [0.2, 0.25) is 10.0 Å². The Hall–Kier alpha value is -1.71. The summed E-state index contributed by atoms with van der Waals surface area (Å²) in [5, 5.41) is 4.13. The number of hydrogen-bond acceptors (Lipinski definition) is 1. The molecule has 3 nitrogen and oxygen atoms in total. The molecule has 2 amide bonds. The fourth-order valence-electron chi connectivity index (χ4n) is 2.34. The lowest BCUT2D eigenvalue weighted by Gasteiger charge is -2.28. The zero-order valence-electron chi connectivity index (χ0n) is 13.4. The lowest BCUT2D eigenvalue weighted by molar-refractivity contribution is 0.191. The van der Waals surface area contributed by atoms with Gasteiger partial charge >= 0.3 is 6.03 Å². The molecule has 0 saturated heterocycles. The molecule has 1 N–H and O–H groups in total. The molecular weight excluding hydrogens is 331 g/mol. The predicted octanol–water partition coefficient (Wildman–Crippen LogP) is 5.46. The van der Waals surface area contributed by atoms with Crippen LogP contribution in [0.25, 0.3) is 0 Å². The van der Waals surface area contributed by atoms with Crippen molar-refractivity contribution in [1.82, 2.24) is 10.2 Å². The first-order valence-corrected chi connectivity index (χ1v) is 8.19. The van der Waals surface area contributed by atoms with Crippen molar-refractivity contribution < 1.29 is 4.79 Å². The minimum atomic E-state index is -0.164. The second kappa shape index (κ2) is 7.71. The van der Waals surface area contributed by atoms with E-state index >= 15 is 0 Å². The van der Waals surface area contributed by atoms with Gasteiger partial charge in [0, 0.05) is 17.1 Å². The lowest BCUT2D eigenvalue weighted by Crippen LogP contribution is -2.40. The zero-order valence-corrected chi connectivity index (χ0v) is 14.9. The van der Waals surface area contributed by atoms with Gasteiger partial charge in [-0.3, -0.25) is 0 Å². The molecule has 5 heteroatoms. The van der Waals surface area contributed by atoms with Crippen molar-refractivity contribution in [2.24, 2.45) is 0 Å². The SMILES string of the molecule is CC(NC(=O)N(C)C(C)c1ccc(Cl)cc1Cl)c1ccccc1. The number of hydrogen-bond donors (Lipinski definition) is 1. The highest BCUT2D eigenvalue weighted by molar-refractivity contribution is 6.35. The number of urea groups is 1. The van der Waals surface area contributed by atoms with Crippen molar-refractivity contribution in [1.29, 1.82) is 0 Å². The summed E-state index contributed by atoms with van der Waals surface area (Å²) >= 11 is 12.2. The van der Waals surface area contributed by atoms with Crippen LogP contribution >= 0.6 is 23.2 Å². The Morgan fingerprint density at radius 1 is 1.09 bits per heavy atom. The number of carbonyl (C=O) groups is 1. The van der Waals surface area contributed by atoms with E-state index in [1.54, 1.807) is 24.1 Å². The molecule has 0 heterocycles. The van der Waals surface area contributed by atoms with E-state index in [4.69, 9.17) is 23.2 Å². The lowest BCUT2D eigenvalue weighted by atomic mass is 10.1. The maximum Gasteiger partial charge on any atom is 0.318 e. The predicted molar refractivity (Wildman–Crippen MR) is 96.0 cm³/mol. The molecule has 23 heavy (non-hydrogen) atoms. The van der Waals surface area contributed by atoms with E-state index in [2.05, 4.69) is 5.32 Å². The highest BCUT2D eigenvalue weighted by atomic mass is 35.5. The molecule has 0 aliphatic heterocycles. The summed E-state index contributed by atoms with van der Waals surface area (Å²) in [5.74, 6) is 0. The van der Waals surface area contributed by atoms with E-state index in [1.807, 2.05) is 50.2 Å². The van der Waals surface area contributed by atoms with Gasteiger partial charge in [-0.1, -0.05) is 59.6 Å². The van der Waals surface area contributed by atoms with Gasteiger partial charge < -0.3 is 10.2 Å². The van der Waals surface area contributed by atoms with Crippen LogP contribution in [0, 0.1) is 0 Å². The standard InChI is InChI=1S/C18H20Cl2N2O/c1-12(14-7-5-4-6-8-14)21-18(23)22(3)13(2)16-10-9-15(19)11-17(16)20/h4-13H,1-3H3,(H,21,23). The Morgan fingerprint density at radius 2 is 1.74 bits per heavy atom. The normalized spacial score (nSPS) is 13.3. The van der Waals surface area contributed by atoms with Gasteiger partial charge in [-0.15, -0.1) is 0 Å². The molecule has 0 saturated carbocycles. The van der Waals surface area contributed by atoms with Crippen molar-refractivity contribution in [3.05, 3.63) is 69.7 Å². The van der Waals surface area contributed by atoms with Gasteiger partial charge in [0.1, 0.15) is 0 Å². The van der Waals surface area contributed by atoms with Gasteiger partial charge in [-0.25, -0.2) is 4.79 Å². The summed E-state index contributed by atoms with van der Waals surface area (Å²) < 4.78 is 0. The molecule has 122 valence electrons. The van der Waals surface area contributed by atoms with Gasteiger partial charge in [0.25, 0.3) is 0 Å². The van der Waals surface area contributed by atoms with E-state index in [0.717, 1.165) is 11.1 Å². The third-order valence-corrected chi connectivity index (χ3v) is 4.52. The summed E-state index contributed by atoms with van der Waals surface area (Å²) in [7, 11) is 1.75. The number of carbonyl (C=O) groups excluding carboxylic acids is 1. The van der Waals surface area contributed by atoms with E-state index in [9.17, 15) is 4.79 Å². The van der Waals surface area contributed by atoms with Crippen molar-refractivity contribution in [2.75, 3.05) is 7.05 Å². The number of nitrogens with one attached hydrogen (secondary N) is 1. The minimum absolute atomic E-state index is 0.0703. The first kappa shape index (κ1) is 17.6. The Kier molecular flexibility index (Phi) is 5.91. The van der Waals surface area contributed by atoms with E-state index in [0.29, 0.717) is 10.0 Å². The molecule has 2 aromatic carbocycles. The largest absolute Gasteiger partial charge is 0.331 e. The Balaban J connectivity index is 2.07. The number of nitrogens with zero attached hydrogens (tertiary/aromatic N) is 1. The third-order valence-electron chi connectivity index (χ3n) is 3.95. The van der Waals surface area contributed by atoms with Crippen molar-refractivity contribution >= 4 is 29.2 Å². The van der Waals surface area contributed by atoms with Gasteiger partial charge in [0.2, 0.25) is 0 Å². The average molecular weight is 351 g/mol. The molecule has 0 aliphatic carbocycles. The summed E-state index contributed by atoms with van der Waals surface area (Å²) in [6.45, 7) is 3.89. The van der Waals surface area contributed by atoms with Crippen LogP contribution in [-0.2, 0) is 0 Å². The van der Waals surface area contributed by atoms with Crippen LogP contribution in [0.4, 0.5) is 4.79 Å². The maximum atomic E-state index is 12.5. The molecule has 0 aromatic heterocycles. The highest BCUT2D eigenvalue weighted by Crippen LogP contribution is 2.29. The zero-order chi connectivity index (χ0) is 17.0. The minimum Gasteiger partial charge on any atom is -0.331 e. The van der Waals surface area contributed by atoms with E-state index < -0.39 is 0 Å². The van der Waals surface area contributed by atoms with Crippen molar-refractivity contribution in [3.8, 4) is 0 Å². The first-order chi connectivity index (χ1) is 10.9. The van der Waals surface area contributed by atoms with Crippen LogP contribution in [-0.4, -0.2) is 18.0 Å². The van der Waals surface area contributed by atoms with Crippen LogP contribution in [0.1, 0.15) is 37.1 Å². The van der Waals surface area contributed by atoms with E-state index in [-0.39, 0.29) is 18.1 Å². The van der Waals surface area contributed by atoms with Crippen molar-refractivity contribution in [3.63, 3.8) is 0 Å². The fourth-order valence-corrected chi connectivity index (χ4v) is 2.90. The molecule has 0 spiro atoms. The molecule has 2 unspecified atom stereocenters. The molecule has 0 bridgehead atoms. The Bertz CT molecular complexity index is 676. The van der Waals surface area contributed by atoms with Crippen LogP contribution in [0.5, 0.6) is 0 Å². The third kappa shape index (κ3) is 4.40. The van der Waals surface area contributed by atoms with Crippen molar-refractivity contribution in [2.45, 2.75) is 25.9 Å². The smallest absolute Gasteiger partial charge is 0.318 e. The highest BCUT2D eigenvalue weighted by Gasteiger charge is 2.21. The summed E-state index contributed by atoms with van der Waals surface area (Å²) in [6, 6.07) is 14.8. The number of rotatable bonds is 4. The summed E-state index contributed by atoms with van der Waals surface area (Å²) in [6.07, 6.45) is 0. The first-order valence-electron chi connectivity index (χ1n) is 7.43. The van der Waals surface area contributed by atoms with Gasteiger partial charge in [-0.2, -0.15) is 0 Å². The summed E-state index contributed by atoms with van der Waals surface area (Å²) in [4.78, 5) is 14.1. The number of halogens is 2. The second-order valence-corrected chi connectivity index (χ2v) is 6.38. The van der Waals surface area contributed by atoms with Crippen LogP contribution < -0.4 is 5.32 Å². The Morgan fingerprint density at radius 3 is 2.35 bits per heavy atom. The fraction of sp³-hybridized carbons (Fsp3) is 0.278. The number of amides is 2. The van der Waals surface area contributed by atoms with Gasteiger partial charge in [0.05, 0.1) is 12.1 Å².